The molecular formula is C11H25NO2. The number of nitrogens with one attached hydrogen (secondary N) is 1. The quantitative estimate of drug-likeness (QED) is 0.657. The van der Waals surface area contributed by atoms with Crippen molar-refractivity contribution in [2.75, 3.05) is 26.8 Å². The summed E-state index contributed by atoms with van der Waals surface area (Å²) in [5.74, 6) is 0. The summed E-state index contributed by atoms with van der Waals surface area (Å²) in [4.78, 5) is 0. The highest BCUT2D eigenvalue weighted by Gasteiger charge is 2.22. The van der Waals surface area contributed by atoms with Crippen molar-refractivity contribution in [1.82, 2.24) is 5.32 Å². The molecule has 0 aromatic carbocycles. The van der Waals surface area contributed by atoms with Crippen LogP contribution in [0.4, 0.5) is 0 Å². The molecule has 0 aromatic rings. The van der Waals surface area contributed by atoms with Crippen LogP contribution in [0.5, 0.6) is 0 Å². The van der Waals surface area contributed by atoms with Gasteiger partial charge in [0.05, 0.1) is 5.60 Å². The molecule has 0 aliphatic carbocycles. The summed E-state index contributed by atoms with van der Waals surface area (Å²) >= 11 is 0. The highest BCUT2D eigenvalue weighted by Crippen LogP contribution is 2.18. The third-order valence-corrected chi connectivity index (χ3v) is 2.89. The average molecular weight is 203 g/mol. The fraction of sp³-hybridized carbons (Fsp3) is 1.00. The van der Waals surface area contributed by atoms with E-state index in [1.165, 1.54) is 0 Å². The summed E-state index contributed by atoms with van der Waals surface area (Å²) in [5, 5.41) is 12.5. The van der Waals surface area contributed by atoms with E-state index in [4.69, 9.17) is 4.74 Å². The Kier molecular flexibility index (Phi) is 5.64. The Balaban J connectivity index is 3.83. The zero-order chi connectivity index (χ0) is 11.2. The molecule has 0 amide bonds. The van der Waals surface area contributed by atoms with Crippen molar-refractivity contribution in [3.63, 3.8) is 0 Å². The van der Waals surface area contributed by atoms with Gasteiger partial charge in [-0.3, -0.25) is 0 Å². The molecule has 0 aromatic heterocycles. The second-order valence-corrected chi connectivity index (χ2v) is 4.89. The van der Waals surface area contributed by atoms with Crippen molar-refractivity contribution in [2.45, 2.75) is 39.7 Å². The fourth-order valence-corrected chi connectivity index (χ4v) is 1.03. The van der Waals surface area contributed by atoms with Crippen molar-refractivity contribution in [3.05, 3.63) is 0 Å². The van der Waals surface area contributed by atoms with Crippen LogP contribution in [0.15, 0.2) is 0 Å². The topological polar surface area (TPSA) is 41.5 Å². The molecule has 0 saturated carbocycles. The van der Waals surface area contributed by atoms with Crippen LogP contribution in [0, 0.1) is 5.41 Å². The van der Waals surface area contributed by atoms with Crippen LogP contribution < -0.4 is 5.32 Å². The van der Waals surface area contributed by atoms with Gasteiger partial charge in [-0.1, -0.05) is 13.8 Å². The van der Waals surface area contributed by atoms with Gasteiger partial charge in [0.25, 0.3) is 0 Å². The first-order valence-electron chi connectivity index (χ1n) is 5.26. The summed E-state index contributed by atoms with van der Waals surface area (Å²) in [6.45, 7) is 10.1. The summed E-state index contributed by atoms with van der Waals surface area (Å²) < 4.78 is 5.29. The van der Waals surface area contributed by atoms with Crippen molar-refractivity contribution in [1.29, 1.82) is 0 Å². The number of methoxy groups -OCH3 is 1. The smallest absolute Gasteiger partial charge is 0.0746 e. The number of hydrogen-bond donors (Lipinski definition) is 2. The van der Waals surface area contributed by atoms with Gasteiger partial charge in [0.2, 0.25) is 0 Å². The van der Waals surface area contributed by atoms with Crippen molar-refractivity contribution >= 4 is 0 Å². The van der Waals surface area contributed by atoms with Crippen LogP contribution >= 0.6 is 0 Å². The summed E-state index contributed by atoms with van der Waals surface area (Å²) in [6.07, 6.45) is 0.976. The summed E-state index contributed by atoms with van der Waals surface area (Å²) in [5.41, 5.74) is -0.145. The van der Waals surface area contributed by atoms with Gasteiger partial charge in [0, 0.05) is 32.2 Å². The van der Waals surface area contributed by atoms with E-state index in [1.54, 1.807) is 7.11 Å². The van der Waals surface area contributed by atoms with Crippen LogP contribution in [0.25, 0.3) is 0 Å². The highest BCUT2D eigenvalue weighted by atomic mass is 16.5. The van der Waals surface area contributed by atoms with Crippen LogP contribution in [0.1, 0.15) is 34.1 Å². The maximum atomic E-state index is 9.20. The molecule has 14 heavy (non-hydrogen) atoms. The first kappa shape index (κ1) is 13.9. The molecule has 3 heteroatoms. The van der Waals surface area contributed by atoms with E-state index in [-0.39, 0.29) is 17.6 Å². The molecule has 0 saturated heterocycles. The number of aliphatic hydroxyl groups excluding tert-OH is 1. The number of rotatable bonds is 7. The Bertz CT molecular complexity index is 153. The third kappa shape index (κ3) is 4.94. The predicted molar refractivity (Wildman–Crippen MR) is 59.4 cm³/mol. The van der Waals surface area contributed by atoms with Crippen LogP contribution in [0.3, 0.4) is 0 Å². The van der Waals surface area contributed by atoms with Crippen LogP contribution in [-0.2, 0) is 4.74 Å². The van der Waals surface area contributed by atoms with Gasteiger partial charge in [0.1, 0.15) is 0 Å². The minimum absolute atomic E-state index is 0.0101. The van der Waals surface area contributed by atoms with Gasteiger partial charge in [0.15, 0.2) is 0 Å². The Morgan fingerprint density at radius 2 is 1.79 bits per heavy atom. The third-order valence-electron chi connectivity index (χ3n) is 2.89. The second-order valence-electron chi connectivity index (χ2n) is 4.89. The molecule has 0 radical (unpaired) electrons. The normalized spacial score (nSPS) is 16.7. The van der Waals surface area contributed by atoms with E-state index < -0.39 is 0 Å². The summed E-state index contributed by atoms with van der Waals surface area (Å²) in [6, 6.07) is 0. The molecular weight excluding hydrogens is 178 g/mol. The maximum Gasteiger partial charge on any atom is 0.0746 e. The molecule has 0 aliphatic heterocycles. The Hall–Kier alpha value is -0.120. The molecule has 1 atom stereocenters. The largest absolute Gasteiger partial charge is 0.396 e. The van der Waals surface area contributed by atoms with E-state index >= 15 is 0 Å². The molecule has 0 rings (SSSR count). The monoisotopic (exact) mass is 203 g/mol. The number of aliphatic hydroxyl groups is 1. The molecule has 0 fully saturated rings. The molecule has 1 unspecified atom stereocenters. The lowest BCUT2D eigenvalue weighted by molar-refractivity contribution is 0.0193. The maximum absolute atomic E-state index is 9.20. The second kappa shape index (κ2) is 5.69. The average Bonchev–Trinajstić information content (AvgIpc) is 2.17. The van der Waals surface area contributed by atoms with Gasteiger partial charge in [-0.05, 0) is 20.3 Å². The SMILES string of the molecule is CCC(C)(CO)CNCC(C)(C)OC. The van der Waals surface area contributed by atoms with E-state index in [1.807, 2.05) is 13.8 Å². The molecule has 3 nitrogen and oxygen atoms in total. The lowest BCUT2D eigenvalue weighted by Gasteiger charge is -2.29. The van der Waals surface area contributed by atoms with E-state index in [2.05, 4.69) is 19.2 Å². The molecule has 2 N–H and O–H groups in total. The van der Waals surface area contributed by atoms with E-state index in [0.717, 1.165) is 19.5 Å². The molecule has 0 spiro atoms. The van der Waals surface area contributed by atoms with Gasteiger partial charge in [-0.15, -0.1) is 0 Å². The first-order valence-corrected chi connectivity index (χ1v) is 5.26. The number of ether oxygens (including phenoxy) is 1. The van der Waals surface area contributed by atoms with Gasteiger partial charge < -0.3 is 15.2 Å². The zero-order valence-corrected chi connectivity index (χ0v) is 10.2. The van der Waals surface area contributed by atoms with Crippen molar-refractivity contribution < 1.29 is 9.84 Å². The summed E-state index contributed by atoms with van der Waals surface area (Å²) in [7, 11) is 1.72. The lowest BCUT2D eigenvalue weighted by Crippen LogP contribution is -2.42. The minimum atomic E-state index is -0.135. The number of hydrogen-bond acceptors (Lipinski definition) is 3. The lowest BCUT2D eigenvalue weighted by atomic mass is 9.88. The van der Waals surface area contributed by atoms with E-state index in [0.29, 0.717) is 0 Å². The van der Waals surface area contributed by atoms with Crippen molar-refractivity contribution in [2.24, 2.45) is 5.41 Å². The van der Waals surface area contributed by atoms with Crippen LogP contribution in [0.2, 0.25) is 0 Å². The predicted octanol–water partition coefficient (Wildman–Crippen LogP) is 1.41. The molecule has 0 bridgehead atoms. The highest BCUT2D eigenvalue weighted by molar-refractivity contribution is 4.78. The standard InChI is InChI=1S/C11H25NO2/c1-6-11(4,9-13)8-12-7-10(2,3)14-5/h12-13H,6-9H2,1-5H3. The molecule has 86 valence electrons. The molecule has 0 aliphatic rings. The fourth-order valence-electron chi connectivity index (χ4n) is 1.03. The minimum Gasteiger partial charge on any atom is -0.396 e. The van der Waals surface area contributed by atoms with E-state index in [9.17, 15) is 5.11 Å². The first-order chi connectivity index (χ1) is 6.39. The van der Waals surface area contributed by atoms with Crippen LogP contribution in [-0.4, -0.2) is 37.5 Å². The van der Waals surface area contributed by atoms with Crippen molar-refractivity contribution in [3.8, 4) is 0 Å². The van der Waals surface area contributed by atoms with Gasteiger partial charge >= 0.3 is 0 Å². The van der Waals surface area contributed by atoms with Gasteiger partial charge in [-0.2, -0.15) is 0 Å². The Morgan fingerprint density at radius 1 is 1.21 bits per heavy atom. The zero-order valence-electron chi connectivity index (χ0n) is 10.2. The molecule has 0 heterocycles. The Morgan fingerprint density at radius 3 is 2.14 bits per heavy atom. The Labute approximate surface area is 87.8 Å². The van der Waals surface area contributed by atoms with Gasteiger partial charge in [-0.25, -0.2) is 0 Å².